The van der Waals surface area contributed by atoms with Gasteiger partial charge in [-0.1, -0.05) is 30.3 Å². The van der Waals surface area contributed by atoms with Gasteiger partial charge in [0.15, 0.2) is 0 Å². The molecule has 0 radical (unpaired) electrons. The van der Waals surface area contributed by atoms with E-state index in [1.165, 1.54) is 0 Å². The van der Waals surface area contributed by atoms with Gasteiger partial charge in [0, 0.05) is 19.8 Å². The molecule has 0 aliphatic rings. The Hall–Kier alpha value is -1.66. The average molecular weight is 323 g/mol. The smallest absolute Gasteiger partial charge is 0.224 e. The number of aliphatic hydroxyl groups excluding tert-OH is 1. The number of benzene rings is 1. The highest BCUT2D eigenvalue weighted by atomic mass is 79.9. The van der Waals surface area contributed by atoms with Crippen LogP contribution in [0.4, 0.5) is 11.8 Å². The number of halogens is 1. The van der Waals surface area contributed by atoms with Gasteiger partial charge in [-0.3, -0.25) is 0 Å². The van der Waals surface area contributed by atoms with E-state index in [0.29, 0.717) is 18.3 Å². The molecule has 100 valence electrons. The van der Waals surface area contributed by atoms with Crippen LogP contribution >= 0.6 is 15.9 Å². The topological polar surface area (TPSA) is 70.1 Å². The fourth-order valence-electron chi connectivity index (χ4n) is 1.60. The molecule has 0 bridgehead atoms. The van der Waals surface area contributed by atoms with Gasteiger partial charge in [0.05, 0.1) is 10.6 Å². The third-order valence-corrected chi connectivity index (χ3v) is 3.20. The number of hydrogen-bond donors (Lipinski definition) is 3. The first-order valence-electron chi connectivity index (χ1n) is 5.88. The van der Waals surface area contributed by atoms with Crippen LogP contribution in [-0.2, 0) is 0 Å². The van der Waals surface area contributed by atoms with Crippen LogP contribution in [0.5, 0.6) is 0 Å². The fraction of sp³-hybridized carbons (Fsp3) is 0.231. The molecule has 0 saturated heterocycles. The summed E-state index contributed by atoms with van der Waals surface area (Å²) in [4.78, 5) is 8.34. The van der Waals surface area contributed by atoms with Crippen molar-refractivity contribution in [2.75, 3.05) is 24.2 Å². The van der Waals surface area contributed by atoms with E-state index in [0.717, 1.165) is 10.0 Å². The number of aliphatic hydroxyl groups is 1. The average Bonchev–Trinajstić information content (AvgIpc) is 2.47. The number of anilines is 2. The first-order valence-corrected chi connectivity index (χ1v) is 6.67. The highest BCUT2D eigenvalue weighted by molar-refractivity contribution is 9.10. The van der Waals surface area contributed by atoms with Gasteiger partial charge in [0.25, 0.3) is 0 Å². The molecular weight excluding hydrogens is 308 g/mol. The highest BCUT2D eigenvalue weighted by Crippen LogP contribution is 2.21. The van der Waals surface area contributed by atoms with Crippen LogP contribution in [-0.4, -0.2) is 28.7 Å². The lowest BCUT2D eigenvalue weighted by Crippen LogP contribution is -2.14. The fourth-order valence-corrected chi connectivity index (χ4v) is 1.93. The largest absolute Gasteiger partial charge is 0.387 e. The molecule has 0 spiro atoms. The van der Waals surface area contributed by atoms with Crippen molar-refractivity contribution in [1.29, 1.82) is 0 Å². The Morgan fingerprint density at radius 2 is 2.05 bits per heavy atom. The van der Waals surface area contributed by atoms with Crippen molar-refractivity contribution in [2.45, 2.75) is 6.10 Å². The summed E-state index contributed by atoms with van der Waals surface area (Å²) in [6, 6.07) is 9.50. The quantitative estimate of drug-likeness (QED) is 0.788. The van der Waals surface area contributed by atoms with E-state index in [1.54, 1.807) is 13.2 Å². The molecule has 19 heavy (non-hydrogen) atoms. The molecule has 0 fully saturated rings. The molecule has 1 unspecified atom stereocenters. The second-order valence-corrected chi connectivity index (χ2v) is 4.80. The van der Waals surface area contributed by atoms with Crippen LogP contribution < -0.4 is 10.6 Å². The molecule has 0 aliphatic carbocycles. The summed E-state index contributed by atoms with van der Waals surface area (Å²) in [5, 5.41) is 16.0. The molecular formula is C13H15BrN4O. The molecule has 2 rings (SSSR count). The minimum Gasteiger partial charge on any atom is -0.387 e. The lowest BCUT2D eigenvalue weighted by molar-refractivity contribution is 0.191. The van der Waals surface area contributed by atoms with E-state index in [2.05, 4.69) is 36.5 Å². The second kappa shape index (κ2) is 6.49. The molecule has 0 amide bonds. The maximum absolute atomic E-state index is 10.1. The van der Waals surface area contributed by atoms with E-state index < -0.39 is 6.10 Å². The minimum atomic E-state index is -0.582. The molecule has 6 heteroatoms. The van der Waals surface area contributed by atoms with Gasteiger partial charge in [0.2, 0.25) is 5.95 Å². The van der Waals surface area contributed by atoms with Gasteiger partial charge in [-0.25, -0.2) is 4.98 Å². The number of rotatable bonds is 5. The Kier molecular flexibility index (Phi) is 4.70. The lowest BCUT2D eigenvalue weighted by atomic mass is 10.1. The van der Waals surface area contributed by atoms with Crippen LogP contribution in [0.1, 0.15) is 11.7 Å². The first kappa shape index (κ1) is 13.8. The third-order valence-electron chi connectivity index (χ3n) is 2.61. The number of aromatic nitrogens is 2. The van der Waals surface area contributed by atoms with Gasteiger partial charge in [-0.05, 0) is 21.5 Å². The SMILES string of the molecule is CNc1ncc(Br)c(NCC(O)c2ccccc2)n1. The van der Waals surface area contributed by atoms with Crippen molar-refractivity contribution in [1.82, 2.24) is 9.97 Å². The third kappa shape index (κ3) is 3.65. The summed E-state index contributed by atoms with van der Waals surface area (Å²) in [6.45, 7) is 0.378. The Morgan fingerprint density at radius 3 is 2.74 bits per heavy atom. The van der Waals surface area contributed by atoms with E-state index in [9.17, 15) is 5.11 Å². The summed E-state index contributed by atoms with van der Waals surface area (Å²) in [5.74, 6) is 1.18. The van der Waals surface area contributed by atoms with Crippen LogP contribution in [0.25, 0.3) is 0 Å². The number of nitrogens with zero attached hydrogens (tertiary/aromatic N) is 2. The molecule has 0 aliphatic heterocycles. The van der Waals surface area contributed by atoms with E-state index in [4.69, 9.17) is 0 Å². The molecule has 0 saturated carbocycles. The monoisotopic (exact) mass is 322 g/mol. The molecule has 3 N–H and O–H groups in total. The summed E-state index contributed by atoms with van der Waals surface area (Å²) in [5.41, 5.74) is 0.869. The van der Waals surface area contributed by atoms with Gasteiger partial charge < -0.3 is 15.7 Å². The van der Waals surface area contributed by atoms with Crippen molar-refractivity contribution >= 4 is 27.7 Å². The minimum absolute atomic E-state index is 0.378. The Labute approximate surface area is 120 Å². The summed E-state index contributed by atoms with van der Waals surface area (Å²) >= 11 is 3.37. The predicted molar refractivity (Wildman–Crippen MR) is 79.2 cm³/mol. The Morgan fingerprint density at radius 1 is 1.32 bits per heavy atom. The van der Waals surface area contributed by atoms with E-state index in [-0.39, 0.29) is 0 Å². The van der Waals surface area contributed by atoms with Crippen molar-refractivity contribution < 1.29 is 5.11 Å². The zero-order chi connectivity index (χ0) is 13.7. The zero-order valence-corrected chi connectivity index (χ0v) is 12.1. The van der Waals surface area contributed by atoms with E-state index in [1.807, 2.05) is 30.3 Å². The summed E-state index contributed by atoms with van der Waals surface area (Å²) in [6.07, 6.45) is 1.08. The highest BCUT2D eigenvalue weighted by Gasteiger charge is 2.09. The standard InChI is InChI=1S/C13H15BrN4O/c1-15-13-17-7-10(14)12(18-13)16-8-11(19)9-5-3-2-4-6-9/h2-7,11,19H,8H2,1H3,(H2,15,16,17,18). The van der Waals surface area contributed by atoms with Crippen molar-refractivity contribution in [3.8, 4) is 0 Å². The summed E-state index contributed by atoms with van der Waals surface area (Å²) in [7, 11) is 1.76. The van der Waals surface area contributed by atoms with Crippen LogP contribution in [0.2, 0.25) is 0 Å². The normalized spacial score (nSPS) is 11.9. The molecule has 1 atom stereocenters. The molecule has 2 aromatic rings. The maximum atomic E-state index is 10.1. The number of hydrogen-bond acceptors (Lipinski definition) is 5. The molecule has 1 aromatic heterocycles. The summed E-state index contributed by atoms with van der Waals surface area (Å²) < 4.78 is 0.756. The molecule has 5 nitrogen and oxygen atoms in total. The van der Waals surface area contributed by atoms with Gasteiger partial charge in [0.1, 0.15) is 5.82 Å². The predicted octanol–water partition coefficient (Wildman–Crippen LogP) is 2.43. The molecule has 1 heterocycles. The zero-order valence-electron chi connectivity index (χ0n) is 10.5. The Bertz CT molecular complexity index is 535. The molecule has 1 aromatic carbocycles. The van der Waals surface area contributed by atoms with Gasteiger partial charge in [-0.15, -0.1) is 0 Å². The second-order valence-electron chi connectivity index (χ2n) is 3.95. The van der Waals surface area contributed by atoms with Crippen molar-refractivity contribution in [3.05, 3.63) is 46.6 Å². The van der Waals surface area contributed by atoms with Crippen LogP contribution in [0.15, 0.2) is 41.0 Å². The number of nitrogens with one attached hydrogen (secondary N) is 2. The van der Waals surface area contributed by atoms with E-state index >= 15 is 0 Å². The van der Waals surface area contributed by atoms with Crippen LogP contribution in [0, 0.1) is 0 Å². The van der Waals surface area contributed by atoms with Gasteiger partial charge >= 0.3 is 0 Å². The van der Waals surface area contributed by atoms with Crippen molar-refractivity contribution in [2.24, 2.45) is 0 Å². The van der Waals surface area contributed by atoms with Crippen molar-refractivity contribution in [3.63, 3.8) is 0 Å². The maximum Gasteiger partial charge on any atom is 0.224 e. The lowest BCUT2D eigenvalue weighted by Gasteiger charge is -2.13. The van der Waals surface area contributed by atoms with Crippen LogP contribution in [0.3, 0.4) is 0 Å². The van der Waals surface area contributed by atoms with Gasteiger partial charge in [-0.2, -0.15) is 4.98 Å². The first-order chi connectivity index (χ1) is 9.20. The Balaban J connectivity index is 2.02.